The molecule has 1 aliphatic rings. The maximum atomic E-state index is 12.7. The van der Waals surface area contributed by atoms with Gasteiger partial charge in [-0.15, -0.1) is 22.7 Å². The molecule has 0 unspecified atom stereocenters. The summed E-state index contributed by atoms with van der Waals surface area (Å²) in [4.78, 5) is 31.9. The Kier molecular flexibility index (Phi) is 4.74. The van der Waals surface area contributed by atoms with Crippen molar-refractivity contribution in [1.29, 1.82) is 0 Å². The van der Waals surface area contributed by atoms with E-state index in [1.54, 1.807) is 23.5 Å². The quantitative estimate of drug-likeness (QED) is 0.634. The van der Waals surface area contributed by atoms with Gasteiger partial charge in [0, 0.05) is 19.0 Å². The first kappa shape index (κ1) is 17.2. The number of fused-ring (bicyclic) bond motifs is 1. The fourth-order valence-corrected chi connectivity index (χ4v) is 5.24. The second-order valence-corrected chi connectivity index (χ2v) is 8.39. The smallest absolute Gasteiger partial charge is 0.348 e. The van der Waals surface area contributed by atoms with Crippen molar-refractivity contribution in [2.45, 2.75) is 18.8 Å². The fraction of sp³-hybridized carbons (Fsp3) is 0.316. The van der Waals surface area contributed by atoms with E-state index < -0.39 is 5.97 Å². The Morgan fingerprint density at radius 1 is 1.08 bits per heavy atom. The molecule has 3 heterocycles. The Morgan fingerprint density at radius 2 is 1.81 bits per heavy atom. The van der Waals surface area contributed by atoms with E-state index in [1.807, 2.05) is 23.1 Å². The van der Waals surface area contributed by atoms with Crippen molar-refractivity contribution in [2.75, 3.05) is 20.2 Å². The van der Waals surface area contributed by atoms with Gasteiger partial charge in [-0.1, -0.05) is 12.1 Å². The van der Waals surface area contributed by atoms with Gasteiger partial charge in [-0.05, 0) is 37.1 Å². The lowest BCUT2D eigenvalue weighted by Gasteiger charge is -2.30. The van der Waals surface area contributed by atoms with Crippen molar-refractivity contribution in [3.05, 3.63) is 51.2 Å². The highest BCUT2D eigenvalue weighted by Gasteiger charge is 2.27. The summed E-state index contributed by atoms with van der Waals surface area (Å²) in [6, 6.07) is 11.6. The zero-order valence-electron chi connectivity index (χ0n) is 14.3. The van der Waals surface area contributed by atoms with Gasteiger partial charge in [0.1, 0.15) is 4.88 Å². The average Bonchev–Trinajstić information content (AvgIpc) is 3.34. The monoisotopic (exact) mass is 386 g/mol. The standard InChI is InChI=1S/C19H18N2O3S2/c1-24-19(23)16-7-6-15(25-16)18(22)21-10-8-12(9-11-21)17-20-13-4-2-3-5-14(13)26-17/h2-7,12H,8-11H2,1H3. The van der Waals surface area contributed by atoms with Gasteiger partial charge in [-0.2, -0.15) is 0 Å². The number of carbonyl (C=O) groups excluding carboxylic acids is 2. The molecule has 0 N–H and O–H groups in total. The van der Waals surface area contributed by atoms with Crippen LogP contribution in [0.3, 0.4) is 0 Å². The number of hydrogen-bond acceptors (Lipinski definition) is 6. The Hall–Kier alpha value is -2.25. The molecule has 2 aromatic heterocycles. The first-order valence-electron chi connectivity index (χ1n) is 8.48. The van der Waals surface area contributed by atoms with E-state index in [4.69, 9.17) is 9.72 Å². The van der Waals surface area contributed by atoms with E-state index in [9.17, 15) is 9.59 Å². The lowest BCUT2D eigenvalue weighted by atomic mass is 9.97. The van der Waals surface area contributed by atoms with Gasteiger partial charge in [0.25, 0.3) is 5.91 Å². The molecule has 1 saturated heterocycles. The van der Waals surface area contributed by atoms with Crippen LogP contribution in [0.2, 0.25) is 0 Å². The average molecular weight is 386 g/mol. The van der Waals surface area contributed by atoms with Gasteiger partial charge >= 0.3 is 5.97 Å². The molecule has 1 aliphatic heterocycles. The maximum absolute atomic E-state index is 12.7. The Labute approximate surface area is 159 Å². The third kappa shape index (κ3) is 3.24. The zero-order chi connectivity index (χ0) is 18.1. The fourth-order valence-electron chi connectivity index (χ4n) is 3.21. The largest absolute Gasteiger partial charge is 0.465 e. The molecule has 134 valence electrons. The molecule has 0 radical (unpaired) electrons. The summed E-state index contributed by atoms with van der Waals surface area (Å²) in [5.74, 6) is 0.00177. The van der Waals surface area contributed by atoms with E-state index in [2.05, 4.69) is 6.07 Å². The van der Waals surface area contributed by atoms with E-state index in [0.717, 1.165) is 18.4 Å². The van der Waals surface area contributed by atoms with Crippen LogP contribution >= 0.6 is 22.7 Å². The molecule has 0 aliphatic carbocycles. The molecule has 0 bridgehead atoms. The summed E-state index contributed by atoms with van der Waals surface area (Å²) in [7, 11) is 1.34. The molecular weight excluding hydrogens is 368 g/mol. The predicted molar refractivity (Wildman–Crippen MR) is 103 cm³/mol. The van der Waals surface area contributed by atoms with E-state index >= 15 is 0 Å². The van der Waals surface area contributed by atoms with Crippen LogP contribution in [-0.4, -0.2) is 42.0 Å². The highest BCUT2D eigenvalue weighted by molar-refractivity contribution is 7.18. The molecule has 3 aromatic rings. The number of hydrogen-bond donors (Lipinski definition) is 0. The second kappa shape index (κ2) is 7.17. The maximum Gasteiger partial charge on any atom is 0.348 e. The molecule has 0 saturated carbocycles. The second-order valence-electron chi connectivity index (χ2n) is 6.24. The van der Waals surface area contributed by atoms with Crippen molar-refractivity contribution >= 4 is 44.8 Å². The van der Waals surface area contributed by atoms with Gasteiger partial charge in [0.2, 0.25) is 0 Å². The predicted octanol–water partition coefficient (Wildman–Crippen LogP) is 4.16. The van der Waals surface area contributed by atoms with Gasteiger partial charge in [0.15, 0.2) is 0 Å². The lowest BCUT2D eigenvalue weighted by molar-refractivity contribution is 0.0606. The molecule has 4 rings (SSSR count). The topological polar surface area (TPSA) is 59.5 Å². The molecule has 26 heavy (non-hydrogen) atoms. The summed E-state index contributed by atoms with van der Waals surface area (Å²) in [6.45, 7) is 1.43. The SMILES string of the molecule is COC(=O)c1ccc(C(=O)N2CCC(c3nc4ccccc4s3)CC2)s1. The third-order valence-electron chi connectivity index (χ3n) is 4.65. The number of esters is 1. The molecule has 7 heteroatoms. The summed E-state index contributed by atoms with van der Waals surface area (Å²) in [6.07, 6.45) is 1.83. The first-order chi connectivity index (χ1) is 12.7. The van der Waals surface area contributed by atoms with Gasteiger partial charge in [-0.25, -0.2) is 9.78 Å². The minimum Gasteiger partial charge on any atom is -0.465 e. The number of carbonyl (C=O) groups is 2. The number of thiazole rings is 1. The van der Waals surface area contributed by atoms with Crippen LogP contribution in [0.4, 0.5) is 0 Å². The number of amides is 1. The molecule has 0 spiro atoms. The summed E-state index contributed by atoms with van der Waals surface area (Å²) >= 11 is 2.95. The number of nitrogens with zero attached hydrogens (tertiary/aromatic N) is 2. The molecule has 1 aromatic carbocycles. The van der Waals surface area contributed by atoms with E-state index in [-0.39, 0.29) is 5.91 Å². The van der Waals surface area contributed by atoms with Gasteiger partial charge in [-0.3, -0.25) is 4.79 Å². The van der Waals surface area contributed by atoms with Crippen molar-refractivity contribution in [2.24, 2.45) is 0 Å². The Morgan fingerprint density at radius 3 is 2.54 bits per heavy atom. The normalized spacial score (nSPS) is 15.3. The third-order valence-corrected chi connectivity index (χ3v) is 6.90. The number of ether oxygens (including phenoxy) is 1. The Bertz CT molecular complexity index is 922. The zero-order valence-corrected chi connectivity index (χ0v) is 15.9. The highest BCUT2D eigenvalue weighted by atomic mass is 32.1. The number of para-hydroxylation sites is 1. The van der Waals surface area contributed by atoms with Crippen LogP contribution in [0.15, 0.2) is 36.4 Å². The van der Waals surface area contributed by atoms with E-state index in [0.29, 0.717) is 28.8 Å². The molecule has 5 nitrogen and oxygen atoms in total. The Balaban J connectivity index is 1.42. The first-order valence-corrected chi connectivity index (χ1v) is 10.1. The van der Waals surface area contributed by atoms with Crippen molar-refractivity contribution in [3.63, 3.8) is 0 Å². The molecule has 1 amide bonds. The number of piperidine rings is 1. The van der Waals surface area contributed by atoms with Crippen LogP contribution in [-0.2, 0) is 4.74 Å². The van der Waals surface area contributed by atoms with Crippen molar-refractivity contribution in [3.8, 4) is 0 Å². The number of rotatable bonds is 3. The van der Waals surface area contributed by atoms with Crippen LogP contribution < -0.4 is 0 Å². The summed E-state index contributed by atoms with van der Waals surface area (Å²) < 4.78 is 5.92. The lowest BCUT2D eigenvalue weighted by Crippen LogP contribution is -2.37. The van der Waals surface area contributed by atoms with Gasteiger partial charge < -0.3 is 9.64 Å². The molecular formula is C19H18N2O3S2. The number of thiophene rings is 1. The van der Waals surface area contributed by atoms with Crippen LogP contribution in [0.25, 0.3) is 10.2 Å². The van der Waals surface area contributed by atoms with Crippen LogP contribution in [0.5, 0.6) is 0 Å². The van der Waals surface area contributed by atoms with Crippen LogP contribution in [0.1, 0.15) is 43.1 Å². The van der Waals surface area contributed by atoms with Gasteiger partial charge in [0.05, 0.1) is 27.2 Å². The minimum absolute atomic E-state index is 0.00657. The van der Waals surface area contributed by atoms with Crippen molar-refractivity contribution < 1.29 is 14.3 Å². The molecule has 0 atom stereocenters. The minimum atomic E-state index is -0.399. The molecule has 1 fully saturated rings. The highest BCUT2D eigenvalue weighted by Crippen LogP contribution is 2.34. The summed E-state index contributed by atoms with van der Waals surface area (Å²) in [5, 5.41) is 1.17. The summed E-state index contributed by atoms with van der Waals surface area (Å²) in [5.41, 5.74) is 1.06. The number of methoxy groups -OCH3 is 1. The van der Waals surface area contributed by atoms with Crippen molar-refractivity contribution in [1.82, 2.24) is 9.88 Å². The number of benzene rings is 1. The van der Waals surface area contributed by atoms with Crippen LogP contribution in [0, 0.1) is 0 Å². The van der Waals surface area contributed by atoms with E-state index in [1.165, 1.54) is 28.2 Å². The number of likely N-dealkylation sites (tertiary alicyclic amines) is 1. The number of aromatic nitrogens is 1.